The first-order valence-electron chi connectivity index (χ1n) is 5.23. The fourth-order valence-electron chi connectivity index (χ4n) is 1.65. The van der Waals surface area contributed by atoms with Crippen LogP contribution >= 0.6 is 0 Å². The smallest absolute Gasteiger partial charge is 0.138 e. The molecule has 0 unspecified atom stereocenters. The molecule has 3 nitrogen and oxygen atoms in total. The molecule has 0 spiro atoms. The van der Waals surface area contributed by atoms with Gasteiger partial charge in [-0.1, -0.05) is 18.2 Å². The molecule has 1 N–H and O–H groups in total. The third kappa shape index (κ3) is 2.91. The van der Waals surface area contributed by atoms with E-state index in [-0.39, 0.29) is 0 Å². The number of benzene rings is 1. The molecule has 2 rings (SSSR count). The van der Waals surface area contributed by atoms with Gasteiger partial charge in [-0.2, -0.15) is 5.10 Å². The molecule has 0 aliphatic heterocycles. The van der Waals surface area contributed by atoms with Crippen LogP contribution in [0.4, 0.5) is 5.69 Å². The van der Waals surface area contributed by atoms with Crippen LogP contribution in [0, 0.1) is 0 Å². The number of Topliss-reactive ketones (excluding diaryl/α,β-unsaturated/α-hetero) is 1. The van der Waals surface area contributed by atoms with Crippen molar-refractivity contribution in [2.24, 2.45) is 5.10 Å². The molecule has 0 aromatic heterocycles. The standard InChI is InChI=1S/C12H14N2O/c15-12-8-4-7-11(9-12)14-13-10-5-2-1-3-6-10/h1-3,5-6,13H,4,7-9H2/b14-11-/i1+2,2+2,3+2,5+2,6+2,10+2. The van der Waals surface area contributed by atoms with Gasteiger partial charge in [0.15, 0.2) is 0 Å². The molecule has 0 saturated heterocycles. The molecular formula is C12H14N2O. The van der Waals surface area contributed by atoms with Gasteiger partial charge in [0.05, 0.1) is 5.69 Å². The van der Waals surface area contributed by atoms with Crippen molar-refractivity contribution in [3.05, 3.63) is 30.3 Å². The second kappa shape index (κ2) is 4.73. The maximum atomic E-state index is 11.2. The van der Waals surface area contributed by atoms with E-state index in [9.17, 15) is 4.79 Å². The molecule has 3 heteroatoms. The van der Waals surface area contributed by atoms with Gasteiger partial charge in [0.25, 0.3) is 0 Å². The van der Waals surface area contributed by atoms with Crippen molar-refractivity contribution in [1.29, 1.82) is 0 Å². The Hall–Kier alpha value is -1.64. The summed E-state index contributed by atoms with van der Waals surface area (Å²) in [5.74, 6) is 0.301. The summed E-state index contributed by atoms with van der Waals surface area (Å²) in [5, 5.41) is 4.25. The molecule has 15 heavy (non-hydrogen) atoms. The van der Waals surface area contributed by atoms with Crippen LogP contribution in [0.15, 0.2) is 35.4 Å². The molecule has 1 saturated carbocycles. The largest absolute Gasteiger partial charge is 0.299 e. The fourth-order valence-corrected chi connectivity index (χ4v) is 1.65. The molecule has 0 atom stereocenters. The second-order valence-corrected chi connectivity index (χ2v) is 3.72. The van der Waals surface area contributed by atoms with Gasteiger partial charge in [-0.05, 0) is 25.0 Å². The van der Waals surface area contributed by atoms with Crippen LogP contribution in [-0.4, -0.2) is 11.5 Å². The summed E-state index contributed by atoms with van der Waals surface area (Å²) in [5.41, 5.74) is 4.90. The molecule has 0 radical (unpaired) electrons. The highest BCUT2D eigenvalue weighted by Crippen LogP contribution is 2.13. The summed E-state index contributed by atoms with van der Waals surface area (Å²) < 4.78 is 0. The number of hydrazone groups is 1. The Labute approximate surface area is 89.2 Å². The van der Waals surface area contributed by atoms with E-state index in [1.165, 1.54) is 0 Å². The first kappa shape index (κ1) is 9.90. The number of para-hydroxylation sites is 1. The highest BCUT2D eigenvalue weighted by molar-refractivity contribution is 6.04. The van der Waals surface area contributed by atoms with Gasteiger partial charge in [-0.15, -0.1) is 0 Å². The summed E-state index contributed by atoms with van der Waals surface area (Å²) in [7, 11) is 0. The van der Waals surface area contributed by atoms with Gasteiger partial charge in [0.1, 0.15) is 5.78 Å². The first-order chi connectivity index (χ1) is 7.34. The average Bonchev–Trinajstić information content (AvgIpc) is 2.28. The lowest BCUT2D eigenvalue weighted by Gasteiger charge is -2.11. The van der Waals surface area contributed by atoms with Crippen LogP contribution in [0.1, 0.15) is 25.7 Å². The number of carbonyl (C=O) groups excluding carboxylic acids is 1. The van der Waals surface area contributed by atoms with Gasteiger partial charge in [0, 0.05) is 18.6 Å². The summed E-state index contributed by atoms with van der Waals surface area (Å²) in [6.07, 6.45) is 3.10. The quantitative estimate of drug-likeness (QED) is 0.769. The first-order valence-corrected chi connectivity index (χ1v) is 5.23. The molecule has 0 bridgehead atoms. The van der Waals surface area contributed by atoms with Crippen LogP contribution in [0.3, 0.4) is 0 Å². The van der Waals surface area contributed by atoms with E-state index in [4.69, 9.17) is 0 Å². The van der Waals surface area contributed by atoms with E-state index in [0.29, 0.717) is 18.6 Å². The number of anilines is 1. The Kier molecular flexibility index (Phi) is 3.12. The minimum Gasteiger partial charge on any atom is -0.299 e. The molecule has 1 aromatic rings. The lowest BCUT2D eigenvalue weighted by atomic mass is 9.97. The molecule has 78 valence electrons. The van der Waals surface area contributed by atoms with E-state index in [1.807, 2.05) is 30.3 Å². The summed E-state index contributed by atoms with van der Waals surface area (Å²) in [6.45, 7) is 0. The molecule has 1 fully saturated rings. The molecule has 1 aliphatic rings. The Morgan fingerprint density at radius 3 is 2.73 bits per heavy atom. The molecule has 0 amide bonds. The number of rotatable bonds is 2. The molecular weight excluding hydrogens is 200 g/mol. The summed E-state index contributed by atoms with van der Waals surface area (Å²) in [4.78, 5) is 11.2. The van der Waals surface area contributed by atoms with Gasteiger partial charge in [-0.3, -0.25) is 10.2 Å². The fraction of sp³-hybridized carbons (Fsp3) is 0.333. The van der Waals surface area contributed by atoms with E-state index in [0.717, 1.165) is 24.2 Å². The van der Waals surface area contributed by atoms with Crippen molar-refractivity contribution in [2.45, 2.75) is 25.7 Å². The van der Waals surface area contributed by atoms with Crippen molar-refractivity contribution >= 4 is 17.2 Å². The van der Waals surface area contributed by atoms with E-state index < -0.39 is 0 Å². The highest BCUT2D eigenvalue weighted by atomic mass is 16.1. The summed E-state index contributed by atoms with van der Waals surface area (Å²) >= 11 is 0. The lowest BCUT2D eigenvalue weighted by Crippen LogP contribution is -2.15. The van der Waals surface area contributed by atoms with Crippen molar-refractivity contribution in [1.82, 2.24) is 0 Å². The Morgan fingerprint density at radius 1 is 1.20 bits per heavy atom. The number of hydrogen-bond acceptors (Lipinski definition) is 3. The van der Waals surface area contributed by atoms with Crippen molar-refractivity contribution in [2.75, 3.05) is 5.43 Å². The van der Waals surface area contributed by atoms with Crippen LogP contribution in [0.5, 0.6) is 0 Å². The third-order valence-corrected chi connectivity index (χ3v) is 2.44. The zero-order valence-electron chi connectivity index (χ0n) is 8.57. The van der Waals surface area contributed by atoms with Crippen LogP contribution in [-0.2, 0) is 4.79 Å². The van der Waals surface area contributed by atoms with Gasteiger partial charge in [-0.25, -0.2) is 0 Å². The van der Waals surface area contributed by atoms with Gasteiger partial charge >= 0.3 is 0 Å². The van der Waals surface area contributed by atoms with Crippen molar-refractivity contribution < 1.29 is 4.79 Å². The number of carbonyl (C=O) groups is 1. The topological polar surface area (TPSA) is 41.5 Å². The molecule has 1 aliphatic carbocycles. The van der Waals surface area contributed by atoms with Crippen LogP contribution in [0.25, 0.3) is 0 Å². The van der Waals surface area contributed by atoms with Gasteiger partial charge < -0.3 is 0 Å². The minimum atomic E-state index is 0.301. The third-order valence-electron chi connectivity index (χ3n) is 2.44. The lowest BCUT2D eigenvalue weighted by molar-refractivity contribution is -0.118. The molecule has 0 heterocycles. The highest BCUT2D eigenvalue weighted by Gasteiger charge is 2.13. The van der Waals surface area contributed by atoms with E-state index >= 15 is 0 Å². The van der Waals surface area contributed by atoms with Gasteiger partial charge in [0.2, 0.25) is 0 Å². The van der Waals surface area contributed by atoms with E-state index in [2.05, 4.69) is 10.5 Å². The maximum Gasteiger partial charge on any atom is 0.138 e. The zero-order chi connectivity index (χ0) is 10.5. The van der Waals surface area contributed by atoms with E-state index in [1.54, 1.807) is 0 Å². The second-order valence-electron chi connectivity index (χ2n) is 3.72. The summed E-state index contributed by atoms with van der Waals surface area (Å²) in [6, 6.07) is 9.77. The SMILES string of the molecule is O=C1CCC/C(=N/N[14c]2[14cH][14cH][14cH][14cH][14cH]2)C1. The number of nitrogens with zero attached hydrogens (tertiary/aromatic N) is 1. The monoisotopic (exact) mass is 214 g/mol. The number of ketones is 1. The molecule has 1 aromatic carbocycles. The van der Waals surface area contributed by atoms with Crippen molar-refractivity contribution in [3.8, 4) is 0 Å². The number of nitrogens with one attached hydrogen (secondary N) is 1. The Balaban J connectivity index is 1.96. The Bertz CT molecular complexity index is 370. The Morgan fingerprint density at radius 2 is 2.00 bits per heavy atom. The number of hydrogen-bond donors (Lipinski definition) is 1. The zero-order valence-corrected chi connectivity index (χ0v) is 8.57. The average molecular weight is 214 g/mol. The van der Waals surface area contributed by atoms with Crippen molar-refractivity contribution in [3.63, 3.8) is 0 Å². The van der Waals surface area contributed by atoms with Crippen LogP contribution in [0.2, 0.25) is 0 Å². The van der Waals surface area contributed by atoms with Crippen LogP contribution < -0.4 is 5.43 Å². The normalized spacial score (nSPS) is 19.2. The predicted molar refractivity (Wildman–Crippen MR) is 61.0 cm³/mol. The maximum absolute atomic E-state index is 11.2. The minimum absolute atomic E-state index is 0.301. The predicted octanol–water partition coefficient (Wildman–Crippen LogP) is 2.60.